The van der Waals surface area contributed by atoms with Crippen molar-refractivity contribution in [2.75, 3.05) is 23.9 Å². The van der Waals surface area contributed by atoms with Gasteiger partial charge >= 0.3 is 0 Å². The average molecular weight is 389 g/mol. The van der Waals surface area contributed by atoms with Gasteiger partial charge < -0.3 is 15.0 Å². The molecule has 0 spiro atoms. The Bertz CT molecular complexity index is 820. The molecule has 2 aromatic carbocycles. The first-order chi connectivity index (χ1) is 11.5. The van der Waals surface area contributed by atoms with Crippen LogP contribution in [0.2, 0.25) is 0 Å². The second kappa shape index (κ2) is 6.65. The average Bonchev–Trinajstić information content (AvgIpc) is 2.98. The van der Waals surface area contributed by atoms with Gasteiger partial charge in [-0.25, -0.2) is 0 Å². The molecule has 1 N–H and O–H groups in total. The van der Waals surface area contributed by atoms with Crippen LogP contribution in [0.1, 0.15) is 22.8 Å². The predicted molar refractivity (Wildman–Crippen MR) is 96.8 cm³/mol. The van der Waals surface area contributed by atoms with Crippen LogP contribution in [0.3, 0.4) is 0 Å². The first-order valence-electron chi connectivity index (χ1n) is 7.55. The quantitative estimate of drug-likeness (QED) is 0.873. The molecule has 2 amide bonds. The molecule has 24 heavy (non-hydrogen) atoms. The van der Waals surface area contributed by atoms with Gasteiger partial charge in [0.05, 0.1) is 12.7 Å². The zero-order valence-electron chi connectivity index (χ0n) is 13.4. The molecule has 1 aliphatic heterocycles. The predicted octanol–water partition coefficient (Wildman–Crippen LogP) is 3.62. The van der Waals surface area contributed by atoms with Crippen LogP contribution in [0.25, 0.3) is 0 Å². The van der Waals surface area contributed by atoms with Crippen molar-refractivity contribution in [1.82, 2.24) is 0 Å². The van der Waals surface area contributed by atoms with Gasteiger partial charge in [-0.05, 0) is 64.3 Å². The van der Waals surface area contributed by atoms with Crippen molar-refractivity contribution in [1.29, 1.82) is 0 Å². The molecule has 1 aliphatic rings. The number of hydrogen-bond acceptors (Lipinski definition) is 3. The molecule has 0 bridgehead atoms. The fraction of sp³-hybridized carbons (Fsp3) is 0.222. The summed E-state index contributed by atoms with van der Waals surface area (Å²) in [5.74, 6) is 0.433. The van der Waals surface area contributed by atoms with E-state index in [0.29, 0.717) is 28.0 Å². The summed E-state index contributed by atoms with van der Waals surface area (Å²) in [6, 6.07) is 10.9. The van der Waals surface area contributed by atoms with E-state index in [4.69, 9.17) is 4.74 Å². The van der Waals surface area contributed by atoms with E-state index in [0.717, 1.165) is 17.7 Å². The molecule has 0 saturated heterocycles. The number of hydrogen-bond donors (Lipinski definition) is 1. The Kier molecular flexibility index (Phi) is 4.57. The third-order valence-electron chi connectivity index (χ3n) is 4.03. The van der Waals surface area contributed by atoms with E-state index in [1.807, 2.05) is 18.2 Å². The number of methoxy groups -OCH3 is 1. The van der Waals surface area contributed by atoms with E-state index < -0.39 is 0 Å². The highest BCUT2D eigenvalue weighted by Crippen LogP contribution is 2.31. The molecule has 5 nitrogen and oxygen atoms in total. The van der Waals surface area contributed by atoms with E-state index in [1.165, 1.54) is 0 Å². The van der Waals surface area contributed by atoms with Gasteiger partial charge in [-0.3, -0.25) is 9.59 Å². The fourth-order valence-electron chi connectivity index (χ4n) is 2.81. The van der Waals surface area contributed by atoms with Crippen molar-refractivity contribution in [3.05, 3.63) is 52.0 Å². The van der Waals surface area contributed by atoms with Gasteiger partial charge in [0.15, 0.2) is 0 Å². The van der Waals surface area contributed by atoms with E-state index in [-0.39, 0.29) is 11.8 Å². The number of rotatable bonds is 3. The molecule has 0 atom stereocenters. The van der Waals surface area contributed by atoms with Crippen molar-refractivity contribution >= 4 is 39.1 Å². The van der Waals surface area contributed by atoms with Gasteiger partial charge in [0, 0.05) is 29.3 Å². The minimum Gasteiger partial charge on any atom is -0.497 e. The Balaban J connectivity index is 1.82. The standard InChI is InChI=1S/C18H17BrN2O3/c1-11(22)21-8-7-12-9-13(3-6-17(12)21)20-18(23)15-10-14(24-2)4-5-16(15)19/h3-6,9-10H,7-8H2,1-2H3,(H,20,23). The van der Waals surface area contributed by atoms with E-state index >= 15 is 0 Å². The molecule has 0 unspecified atom stereocenters. The Morgan fingerprint density at radius 2 is 2.00 bits per heavy atom. The largest absolute Gasteiger partial charge is 0.497 e. The minimum atomic E-state index is -0.220. The van der Waals surface area contributed by atoms with Gasteiger partial charge in [-0.1, -0.05) is 0 Å². The number of halogens is 1. The summed E-state index contributed by atoms with van der Waals surface area (Å²) < 4.78 is 5.87. The normalized spacial score (nSPS) is 12.7. The van der Waals surface area contributed by atoms with Crippen LogP contribution in [0.4, 0.5) is 11.4 Å². The number of carbonyl (C=O) groups is 2. The third kappa shape index (κ3) is 3.14. The molecule has 124 valence electrons. The first kappa shape index (κ1) is 16.5. The summed E-state index contributed by atoms with van der Waals surface area (Å²) in [5, 5.41) is 2.90. The summed E-state index contributed by atoms with van der Waals surface area (Å²) in [5.41, 5.74) is 3.19. The highest BCUT2D eigenvalue weighted by molar-refractivity contribution is 9.10. The minimum absolute atomic E-state index is 0.0332. The molecule has 0 radical (unpaired) electrons. The van der Waals surface area contributed by atoms with Gasteiger partial charge in [0.2, 0.25) is 5.91 Å². The molecule has 1 heterocycles. The molecule has 6 heteroatoms. The number of amides is 2. The maximum atomic E-state index is 12.5. The van der Waals surface area contributed by atoms with Crippen molar-refractivity contribution in [3.8, 4) is 5.75 Å². The van der Waals surface area contributed by atoms with Crippen LogP contribution < -0.4 is 15.0 Å². The number of nitrogens with one attached hydrogen (secondary N) is 1. The Hall–Kier alpha value is -2.34. The lowest BCUT2D eigenvalue weighted by molar-refractivity contribution is -0.116. The second-order valence-electron chi connectivity index (χ2n) is 5.56. The maximum Gasteiger partial charge on any atom is 0.256 e. The third-order valence-corrected chi connectivity index (χ3v) is 4.72. The number of ether oxygens (including phenoxy) is 1. The van der Waals surface area contributed by atoms with Crippen LogP contribution in [-0.2, 0) is 11.2 Å². The van der Waals surface area contributed by atoms with Crippen molar-refractivity contribution in [3.63, 3.8) is 0 Å². The van der Waals surface area contributed by atoms with Crippen LogP contribution in [0, 0.1) is 0 Å². The Morgan fingerprint density at radius 1 is 1.21 bits per heavy atom. The molecule has 0 saturated carbocycles. The molecular weight excluding hydrogens is 372 g/mol. The van der Waals surface area contributed by atoms with Gasteiger partial charge in [-0.2, -0.15) is 0 Å². The number of nitrogens with zero attached hydrogens (tertiary/aromatic N) is 1. The highest BCUT2D eigenvalue weighted by Gasteiger charge is 2.22. The van der Waals surface area contributed by atoms with Crippen LogP contribution in [-0.4, -0.2) is 25.5 Å². The van der Waals surface area contributed by atoms with Crippen molar-refractivity contribution in [2.24, 2.45) is 0 Å². The molecule has 0 fully saturated rings. The number of fused-ring (bicyclic) bond motifs is 1. The second-order valence-corrected chi connectivity index (χ2v) is 6.42. The van der Waals surface area contributed by atoms with E-state index in [9.17, 15) is 9.59 Å². The molecule has 2 aromatic rings. The molecular formula is C18H17BrN2O3. The van der Waals surface area contributed by atoms with Gasteiger partial charge in [-0.15, -0.1) is 0 Å². The Morgan fingerprint density at radius 3 is 2.71 bits per heavy atom. The van der Waals surface area contributed by atoms with Crippen molar-refractivity contribution < 1.29 is 14.3 Å². The smallest absolute Gasteiger partial charge is 0.256 e. The van der Waals surface area contributed by atoms with Crippen molar-refractivity contribution in [2.45, 2.75) is 13.3 Å². The van der Waals surface area contributed by atoms with Crippen LogP contribution in [0.5, 0.6) is 5.75 Å². The zero-order valence-corrected chi connectivity index (χ0v) is 15.0. The van der Waals surface area contributed by atoms with Crippen LogP contribution >= 0.6 is 15.9 Å². The lowest BCUT2D eigenvalue weighted by Crippen LogP contribution is -2.25. The lowest BCUT2D eigenvalue weighted by atomic mass is 10.1. The van der Waals surface area contributed by atoms with Gasteiger partial charge in [0.1, 0.15) is 5.75 Å². The first-order valence-corrected chi connectivity index (χ1v) is 8.35. The maximum absolute atomic E-state index is 12.5. The monoisotopic (exact) mass is 388 g/mol. The summed E-state index contributed by atoms with van der Waals surface area (Å²) >= 11 is 3.39. The summed E-state index contributed by atoms with van der Waals surface area (Å²) in [6.07, 6.45) is 0.793. The lowest BCUT2D eigenvalue weighted by Gasteiger charge is -2.15. The SMILES string of the molecule is COc1ccc(Br)c(C(=O)Nc2ccc3c(c2)CCN3C(C)=O)c1. The molecule has 3 rings (SSSR count). The summed E-state index contributed by atoms with van der Waals surface area (Å²) in [7, 11) is 1.56. The Labute approximate surface area is 148 Å². The molecule has 0 aromatic heterocycles. The van der Waals surface area contributed by atoms with E-state index in [1.54, 1.807) is 37.1 Å². The summed E-state index contributed by atoms with van der Waals surface area (Å²) in [6.45, 7) is 2.24. The van der Waals surface area contributed by atoms with Gasteiger partial charge in [0.25, 0.3) is 5.91 Å². The fourth-order valence-corrected chi connectivity index (χ4v) is 3.24. The summed E-state index contributed by atoms with van der Waals surface area (Å²) in [4.78, 5) is 25.9. The zero-order chi connectivity index (χ0) is 17.3. The highest BCUT2D eigenvalue weighted by atomic mass is 79.9. The number of carbonyl (C=O) groups excluding carboxylic acids is 2. The topological polar surface area (TPSA) is 58.6 Å². The van der Waals surface area contributed by atoms with E-state index in [2.05, 4.69) is 21.2 Å². The number of benzene rings is 2. The van der Waals surface area contributed by atoms with Crippen LogP contribution in [0.15, 0.2) is 40.9 Å². The number of anilines is 2. The molecule has 0 aliphatic carbocycles.